The highest BCUT2D eigenvalue weighted by atomic mass is 32.2. The molecule has 1 amide bonds. The molecule has 1 aromatic carbocycles. The van der Waals surface area contributed by atoms with Crippen LogP contribution in [0.1, 0.15) is 16.8 Å². The van der Waals surface area contributed by atoms with Gasteiger partial charge in [-0.25, -0.2) is 22.0 Å². The third-order valence-corrected chi connectivity index (χ3v) is 3.14. The monoisotopic (exact) mass is 326 g/mol. The Labute approximate surface area is 120 Å². The molecule has 1 N–H and O–H groups in total. The quantitative estimate of drug-likeness (QED) is 0.496. The zero-order chi connectivity index (χ0) is 16.2. The van der Waals surface area contributed by atoms with Crippen LogP contribution >= 0.6 is 11.8 Å². The van der Waals surface area contributed by atoms with E-state index in [0.29, 0.717) is 5.75 Å². The van der Waals surface area contributed by atoms with E-state index in [0.717, 1.165) is 0 Å². The Kier molecular flexibility index (Phi) is 6.13. The van der Waals surface area contributed by atoms with E-state index in [-0.39, 0.29) is 6.42 Å². The number of benzene rings is 1. The van der Waals surface area contributed by atoms with Crippen molar-refractivity contribution in [2.24, 2.45) is 0 Å². The van der Waals surface area contributed by atoms with Crippen molar-refractivity contribution in [3.05, 3.63) is 34.6 Å². The number of halogens is 5. The van der Waals surface area contributed by atoms with E-state index in [1.165, 1.54) is 18.0 Å². The van der Waals surface area contributed by atoms with Crippen molar-refractivity contribution in [3.8, 4) is 0 Å². The Bertz CT molecular complexity index is 538. The SMILES string of the molecule is CSCC[C@@H]([C]=O)NC(=O)c1c(F)c(F)c(F)c(F)c1F. The fraction of sp³-hybridized carbons (Fsp3) is 0.333. The van der Waals surface area contributed by atoms with E-state index in [2.05, 4.69) is 0 Å². The summed E-state index contributed by atoms with van der Waals surface area (Å²) in [5.41, 5.74) is -1.63. The van der Waals surface area contributed by atoms with Gasteiger partial charge in [-0.05, 0) is 18.4 Å². The first-order valence-electron chi connectivity index (χ1n) is 5.54. The van der Waals surface area contributed by atoms with Gasteiger partial charge in [0.15, 0.2) is 23.3 Å². The fourth-order valence-electron chi connectivity index (χ4n) is 1.43. The molecule has 0 bridgehead atoms. The molecule has 0 spiro atoms. The zero-order valence-corrected chi connectivity index (χ0v) is 11.4. The number of thioether (sulfide) groups is 1. The molecule has 0 aliphatic carbocycles. The summed E-state index contributed by atoms with van der Waals surface area (Å²) in [4.78, 5) is 22.2. The lowest BCUT2D eigenvalue weighted by molar-refractivity contribution is 0.0934. The van der Waals surface area contributed by atoms with Gasteiger partial charge in [-0.2, -0.15) is 11.8 Å². The van der Waals surface area contributed by atoms with Crippen molar-refractivity contribution in [2.45, 2.75) is 12.5 Å². The molecule has 3 nitrogen and oxygen atoms in total. The van der Waals surface area contributed by atoms with Crippen LogP contribution in [0.3, 0.4) is 0 Å². The lowest BCUT2D eigenvalue weighted by Crippen LogP contribution is -2.37. The summed E-state index contributed by atoms with van der Waals surface area (Å²) in [5.74, 6) is -12.5. The van der Waals surface area contributed by atoms with E-state index >= 15 is 0 Å². The van der Waals surface area contributed by atoms with Gasteiger partial charge in [0.05, 0.1) is 6.04 Å². The van der Waals surface area contributed by atoms with Gasteiger partial charge in [-0.15, -0.1) is 0 Å². The van der Waals surface area contributed by atoms with Crippen molar-refractivity contribution in [1.82, 2.24) is 5.32 Å². The predicted octanol–water partition coefficient (Wildman–Crippen LogP) is 2.34. The number of hydrogen-bond acceptors (Lipinski definition) is 3. The molecule has 0 unspecified atom stereocenters. The standard InChI is InChI=1S/C12H9F5NO2S/c1-21-3-2-5(4-19)18-12(20)6-7(13)9(15)11(17)10(16)8(6)14/h5H,2-3H2,1H3,(H,18,20)/t5-/m0/s1. The van der Waals surface area contributed by atoms with Crippen molar-refractivity contribution in [3.63, 3.8) is 0 Å². The van der Waals surface area contributed by atoms with Gasteiger partial charge in [0.25, 0.3) is 5.91 Å². The molecule has 115 valence electrons. The number of hydrogen-bond donors (Lipinski definition) is 1. The molecule has 0 heterocycles. The van der Waals surface area contributed by atoms with Gasteiger partial charge in [0.1, 0.15) is 5.56 Å². The van der Waals surface area contributed by atoms with Gasteiger partial charge in [-0.1, -0.05) is 0 Å². The highest BCUT2D eigenvalue weighted by molar-refractivity contribution is 7.98. The Balaban J connectivity index is 3.10. The molecule has 1 atom stereocenters. The van der Waals surface area contributed by atoms with Crippen LogP contribution in [0.15, 0.2) is 0 Å². The van der Waals surface area contributed by atoms with Gasteiger partial charge < -0.3 is 5.32 Å². The third kappa shape index (κ3) is 3.72. The minimum atomic E-state index is -2.36. The Morgan fingerprint density at radius 3 is 2.00 bits per heavy atom. The Hall–Kier alpha value is -1.64. The smallest absolute Gasteiger partial charge is 0.258 e. The van der Waals surface area contributed by atoms with Crippen LogP contribution < -0.4 is 5.32 Å². The molecule has 0 aliphatic heterocycles. The summed E-state index contributed by atoms with van der Waals surface area (Å²) in [6.07, 6.45) is 3.23. The number of amides is 1. The summed E-state index contributed by atoms with van der Waals surface area (Å²) >= 11 is 1.33. The first-order valence-corrected chi connectivity index (χ1v) is 6.93. The van der Waals surface area contributed by atoms with E-state index < -0.39 is 46.6 Å². The molecule has 9 heteroatoms. The molecule has 21 heavy (non-hydrogen) atoms. The van der Waals surface area contributed by atoms with E-state index in [4.69, 9.17) is 0 Å². The zero-order valence-electron chi connectivity index (χ0n) is 10.6. The summed E-state index contributed by atoms with van der Waals surface area (Å²) < 4.78 is 65.5. The maximum atomic E-state index is 13.4. The van der Waals surface area contributed by atoms with Gasteiger partial charge in [0.2, 0.25) is 12.1 Å². The molecular weight excluding hydrogens is 317 g/mol. The van der Waals surface area contributed by atoms with Gasteiger partial charge >= 0.3 is 0 Å². The van der Waals surface area contributed by atoms with E-state index in [9.17, 15) is 31.5 Å². The van der Waals surface area contributed by atoms with Crippen LogP contribution in [0.25, 0.3) is 0 Å². The highest BCUT2D eigenvalue weighted by Crippen LogP contribution is 2.23. The highest BCUT2D eigenvalue weighted by Gasteiger charge is 2.30. The Morgan fingerprint density at radius 2 is 1.57 bits per heavy atom. The van der Waals surface area contributed by atoms with E-state index in [1.807, 2.05) is 5.32 Å². The van der Waals surface area contributed by atoms with Gasteiger partial charge in [-0.3, -0.25) is 9.59 Å². The lowest BCUT2D eigenvalue weighted by atomic mass is 10.1. The second kappa shape index (κ2) is 7.39. The van der Waals surface area contributed by atoms with Crippen molar-refractivity contribution in [2.75, 3.05) is 12.0 Å². The number of carbonyl (C=O) groups excluding carboxylic acids is 2. The number of carbonyl (C=O) groups is 1. The third-order valence-electron chi connectivity index (χ3n) is 2.50. The van der Waals surface area contributed by atoms with Crippen molar-refractivity contribution >= 4 is 24.0 Å². The summed E-state index contributed by atoms with van der Waals surface area (Å²) in [6, 6.07) is -1.21. The fourth-order valence-corrected chi connectivity index (χ4v) is 1.90. The van der Waals surface area contributed by atoms with E-state index in [1.54, 1.807) is 6.26 Å². The molecule has 1 rings (SSSR count). The number of rotatable bonds is 6. The van der Waals surface area contributed by atoms with Crippen LogP contribution in [-0.4, -0.2) is 30.2 Å². The molecule has 0 saturated heterocycles. The first-order chi connectivity index (χ1) is 9.84. The minimum Gasteiger partial charge on any atom is -0.342 e. The minimum absolute atomic E-state index is 0.103. The molecule has 0 saturated carbocycles. The molecule has 0 aromatic heterocycles. The molecule has 1 aromatic rings. The predicted molar refractivity (Wildman–Crippen MR) is 66.2 cm³/mol. The average Bonchev–Trinajstić information content (AvgIpc) is 2.47. The average molecular weight is 326 g/mol. The maximum Gasteiger partial charge on any atom is 0.258 e. The number of nitrogens with one attached hydrogen (secondary N) is 1. The van der Waals surface area contributed by atoms with Crippen LogP contribution in [0.2, 0.25) is 0 Å². The maximum absolute atomic E-state index is 13.4. The molecule has 0 aliphatic rings. The van der Waals surface area contributed by atoms with Crippen LogP contribution in [0, 0.1) is 29.1 Å². The second-order valence-electron chi connectivity index (χ2n) is 3.87. The van der Waals surface area contributed by atoms with Gasteiger partial charge in [0, 0.05) is 0 Å². The second-order valence-corrected chi connectivity index (χ2v) is 4.86. The summed E-state index contributed by atoms with van der Waals surface area (Å²) in [5, 5.41) is 1.86. The largest absolute Gasteiger partial charge is 0.342 e. The Morgan fingerprint density at radius 1 is 1.10 bits per heavy atom. The molecular formula is C12H9F5NO2S. The molecule has 1 radical (unpaired) electrons. The topological polar surface area (TPSA) is 46.2 Å². The van der Waals surface area contributed by atoms with Crippen LogP contribution in [-0.2, 0) is 4.79 Å². The van der Waals surface area contributed by atoms with Crippen molar-refractivity contribution in [1.29, 1.82) is 0 Å². The summed E-state index contributed by atoms with van der Waals surface area (Å²) in [6.45, 7) is 0. The van der Waals surface area contributed by atoms with Crippen molar-refractivity contribution < 1.29 is 31.5 Å². The van der Waals surface area contributed by atoms with Crippen LogP contribution in [0.4, 0.5) is 22.0 Å². The summed E-state index contributed by atoms with van der Waals surface area (Å²) in [7, 11) is 0. The molecule has 0 fully saturated rings. The lowest BCUT2D eigenvalue weighted by Gasteiger charge is -2.13. The first kappa shape index (κ1) is 17.4. The van der Waals surface area contributed by atoms with Crippen LogP contribution in [0.5, 0.6) is 0 Å². The normalized spacial score (nSPS) is 12.1.